The van der Waals surface area contributed by atoms with Crippen LogP contribution in [0.2, 0.25) is 0 Å². The van der Waals surface area contributed by atoms with E-state index in [0.717, 1.165) is 24.9 Å². The largest absolute Gasteiger partial charge is 0.368 e. The Hall–Kier alpha value is -1.35. The lowest BCUT2D eigenvalue weighted by atomic mass is 10.1. The number of amides is 1. The number of carbonyl (C=O) groups excluding carboxylic acids is 1. The van der Waals surface area contributed by atoms with Gasteiger partial charge in [-0.15, -0.1) is 0 Å². The molecule has 1 aromatic carbocycles. The van der Waals surface area contributed by atoms with Crippen molar-refractivity contribution in [3.8, 4) is 0 Å². The summed E-state index contributed by atoms with van der Waals surface area (Å²) in [5, 5.41) is 2.95. The number of anilines is 1. The van der Waals surface area contributed by atoms with Crippen molar-refractivity contribution in [2.75, 3.05) is 11.9 Å². The van der Waals surface area contributed by atoms with Crippen molar-refractivity contribution in [2.45, 2.75) is 38.2 Å². The van der Waals surface area contributed by atoms with Crippen LogP contribution >= 0.6 is 0 Å². The zero-order valence-electron chi connectivity index (χ0n) is 9.87. The van der Waals surface area contributed by atoms with Gasteiger partial charge in [0.15, 0.2) is 0 Å². The Kier molecular flexibility index (Phi) is 2.85. The van der Waals surface area contributed by atoms with Gasteiger partial charge in [0.1, 0.15) is 6.10 Å². The number of aryl methyl sites for hydroxylation is 2. The van der Waals surface area contributed by atoms with E-state index >= 15 is 0 Å². The predicted molar refractivity (Wildman–Crippen MR) is 66.1 cm³/mol. The van der Waals surface area contributed by atoms with Crippen LogP contribution in [0.15, 0.2) is 18.2 Å². The Morgan fingerprint density at radius 2 is 2.12 bits per heavy atom. The lowest BCUT2D eigenvalue weighted by Gasteiger charge is -2.11. The van der Waals surface area contributed by atoms with Gasteiger partial charge in [0, 0.05) is 12.3 Å². The summed E-state index contributed by atoms with van der Waals surface area (Å²) in [5.41, 5.74) is 3.72. The molecule has 0 unspecified atom stereocenters. The van der Waals surface area contributed by atoms with E-state index in [0.29, 0.717) is 6.61 Å². The highest BCUT2D eigenvalue weighted by molar-refractivity contribution is 5.94. The Labute approximate surface area is 101 Å². The van der Waals surface area contributed by atoms with Gasteiger partial charge in [-0.25, -0.2) is 0 Å². The highest BCUT2D eigenvalue weighted by atomic mass is 16.5. The van der Waals surface area contributed by atoms with Crippen molar-refractivity contribution in [1.82, 2.24) is 0 Å². The molecule has 1 amide bonds. The van der Waals surface area contributed by atoms with Gasteiger partial charge in [-0.2, -0.15) is 0 Å². The normalized spacial score (nSPS) is 22.5. The zero-order chi connectivity index (χ0) is 11.7. The zero-order valence-corrected chi connectivity index (χ0v) is 9.87. The summed E-state index contributed by atoms with van der Waals surface area (Å²) in [7, 11) is 0. The fraction of sp³-hybridized carbons (Fsp3) is 0.500. The van der Waals surface area contributed by atoms with Crippen molar-refractivity contribution in [1.29, 1.82) is 0 Å². The number of nitrogens with one attached hydrogen (secondary N) is 1. The van der Waals surface area contributed by atoms with Crippen LogP contribution in [-0.4, -0.2) is 18.6 Å². The van der Waals surface area contributed by atoms with E-state index in [1.807, 2.05) is 6.07 Å². The Morgan fingerprint density at radius 1 is 1.24 bits per heavy atom. The highest BCUT2D eigenvalue weighted by Gasteiger charge is 2.23. The third-order valence-corrected chi connectivity index (χ3v) is 3.59. The number of carbonyl (C=O) groups is 1. The molecule has 1 N–H and O–H groups in total. The van der Waals surface area contributed by atoms with E-state index in [1.54, 1.807) is 0 Å². The van der Waals surface area contributed by atoms with Crippen LogP contribution in [-0.2, 0) is 22.4 Å². The van der Waals surface area contributed by atoms with Crippen LogP contribution in [0.1, 0.15) is 30.4 Å². The van der Waals surface area contributed by atoms with E-state index < -0.39 is 0 Å². The number of benzene rings is 1. The quantitative estimate of drug-likeness (QED) is 0.848. The van der Waals surface area contributed by atoms with E-state index in [-0.39, 0.29) is 12.0 Å². The molecule has 0 spiro atoms. The molecule has 0 aromatic heterocycles. The molecule has 0 bridgehead atoms. The smallest absolute Gasteiger partial charge is 0.253 e. The second-order valence-corrected chi connectivity index (χ2v) is 4.83. The minimum absolute atomic E-state index is 0.000414. The van der Waals surface area contributed by atoms with Crippen molar-refractivity contribution in [3.63, 3.8) is 0 Å². The monoisotopic (exact) mass is 231 g/mol. The van der Waals surface area contributed by atoms with Crippen LogP contribution < -0.4 is 5.32 Å². The van der Waals surface area contributed by atoms with Gasteiger partial charge in [-0.3, -0.25) is 4.79 Å². The standard InChI is InChI=1S/C14H17NO2/c16-14(13-5-2-8-17-13)15-12-7-6-10-3-1-4-11(10)9-12/h6-7,9,13H,1-5,8H2,(H,15,16)/t13-/m0/s1. The predicted octanol–water partition coefficient (Wildman–Crippen LogP) is 2.29. The first-order chi connectivity index (χ1) is 8.33. The van der Waals surface area contributed by atoms with Crippen LogP contribution in [0.3, 0.4) is 0 Å². The minimum atomic E-state index is -0.247. The molecule has 1 aliphatic heterocycles. The molecule has 2 aliphatic rings. The van der Waals surface area contributed by atoms with Gasteiger partial charge >= 0.3 is 0 Å². The summed E-state index contributed by atoms with van der Waals surface area (Å²) in [5.74, 6) is 0.000414. The van der Waals surface area contributed by atoms with Gasteiger partial charge in [0.25, 0.3) is 5.91 Å². The first-order valence-corrected chi connectivity index (χ1v) is 6.37. The molecule has 3 heteroatoms. The second kappa shape index (κ2) is 4.49. The van der Waals surface area contributed by atoms with Crippen molar-refractivity contribution < 1.29 is 9.53 Å². The first-order valence-electron chi connectivity index (χ1n) is 6.37. The average Bonchev–Trinajstić information content (AvgIpc) is 2.99. The maximum absolute atomic E-state index is 11.9. The van der Waals surface area contributed by atoms with E-state index in [4.69, 9.17) is 4.74 Å². The molecule has 17 heavy (non-hydrogen) atoms. The van der Waals surface area contributed by atoms with Gasteiger partial charge in [0.2, 0.25) is 0 Å². The first kappa shape index (κ1) is 10.8. The van der Waals surface area contributed by atoms with Crippen LogP contribution in [0.5, 0.6) is 0 Å². The van der Waals surface area contributed by atoms with E-state index in [9.17, 15) is 4.79 Å². The summed E-state index contributed by atoms with van der Waals surface area (Å²) in [4.78, 5) is 11.9. The number of hydrogen-bond acceptors (Lipinski definition) is 2. The molecule has 0 radical (unpaired) electrons. The maximum atomic E-state index is 11.9. The molecule has 3 rings (SSSR count). The molecule has 0 saturated carbocycles. The molecule has 1 heterocycles. The molecule has 1 aromatic rings. The summed E-state index contributed by atoms with van der Waals surface area (Å²) in [6, 6.07) is 6.24. The summed E-state index contributed by atoms with van der Waals surface area (Å²) >= 11 is 0. The van der Waals surface area contributed by atoms with E-state index in [2.05, 4.69) is 17.4 Å². The van der Waals surface area contributed by atoms with E-state index in [1.165, 1.54) is 24.0 Å². The van der Waals surface area contributed by atoms with Crippen LogP contribution in [0.25, 0.3) is 0 Å². The third-order valence-electron chi connectivity index (χ3n) is 3.59. The number of rotatable bonds is 2. The minimum Gasteiger partial charge on any atom is -0.368 e. The van der Waals surface area contributed by atoms with Gasteiger partial charge in [-0.1, -0.05) is 6.07 Å². The molecular formula is C14H17NO2. The molecule has 1 aliphatic carbocycles. The van der Waals surface area contributed by atoms with Crippen LogP contribution in [0, 0.1) is 0 Å². The van der Waals surface area contributed by atoms with Crippen molar-refractivity contribution in [2.24, 2.45) is 0 Å². The lowest BCUT2D eigenvalue weighted by molar-refractivity contribution is -0.124. The van der Waals surface area contributed by atoms with Crippen LogP contribution in [0.4, 0.5) is 5.69 Å². The summed E-state index contributed by atoms with van der Waals surface area (Å²) in [6.45, 7) is 0.711. The Bertz CT molecular complexity index is 436. The molecule has 90 valence electrons. The second-order valence-electron chi connectivity index (χ2n) is 4.83. The fourth-order valence-electron chi connectivity index (χ4n) is 2.66. The van der Waals surface area contributed by atoms with Crippen molar-refractivity contribution in [3.05, 3.63) is 29.3 Å². The maximum Gasteiger partial charge on any atom is 0.253 e. The summed E-state index contributed by atoms with van der Waals surface area (Å²) in [6.07, 6.45) is 5.13. The summed E-state index contributed by atoms with van der Waals surface area (Å²) < 4.78 is 5.37. The van der Waals surface area contributed by atoms with Crippen molar-refractivity contribution >= 4 is 11.6 Å². The van der Waals surface area contributed by atoms with Gasteiger partial charge < -0.3 is 10.1 Å². The Balaban J connectivity index is 1.70. The lowest BCUT2D eigenvalue weighted by Crippen LogP contribution is -2.26. The molecule has 3 nitrogen and oxygen atoms in total. The SMILES string of the molecule is O=C(Nc1ccc2c(c1)CCC2)[C@@H]1CCCO1. The number of hydrogen-bond donors (Lipinski definition) is 1. The third kappa shape index (κ3) is 2.20. The van der Waals surface area contributed by atoms with Gasteiger partial charge in [0.05, 0.1) is 0 Å². The fourth-order valence-corrected chi connectivity index (χ4v) is 2.66. The molecular weight excluding hydrogens is 214 g/mol. The molecule has 1 fully saturated rings. The topological polar surface area (TPSA) is 38.3 Å². The number of ether oxygens (including phenoxy) is 1. The molecule has 1 saturated heterocycles. The molecule has 1 atom stereocenters. The highest BCUT2D eigenvalue weighted by Crippen LogP contribution is 2.25. The van der Waals surface area contributed by atoms with Gasteiger partial charge in [-0.05, 0) is 55.4 Å². The average molecular weight is 231 g/mol. The Morgan fingerprint density at radius 3 is 2.94 bits per heavy atom. The number of fused-ring (bicyclic) bond motifs is 1.